The van der Waals surface area contributed by atoms with Crippen molar-refractivity contribution in [3.8, 4) is 0 Å². The van der Waals surface area contributed by atoms with Gasteiger partial charge in [-0.05, 0) is 25.0 Å². The Hall–Kier alpha value is -1.95. The van der Waals surface area contributed by atoms with Gasteiger partial charge in [-0.1, -0.05) is 13.8 Å². The molecule has 6 heteroatoms. The number of rotatable bonds is 6. The molecule has 0 radical (unpaired) electrons. The Morgan fingerprint density at radius 3 is 2.68 bits per heavy atom. The van der Waals surface area contributed by atoms with E-state index in [9.17, 15) is 9.59 Å². The lowest BCUT2D eigenvalue weighted by atomic mass is 10.1. The monoisotopic (exact) mass is 266 g/mol. The van der Waals surface area contributed by atoms with Gasteiger partial charge in [-0.25, -0.2) is 4.79 Å². The first kappa shape index (κ1) is 15.1. The van der Waals surface area contributed by atoms with Crippen LogP contribution in [0.2, 0.25) is 0 Å². The van der Waals surface area contributed by atoms with E-state index >= 15 is 0 Å². The van der Waals surface area contributed by atoms with Crippen molar-refractivity contribution in [2.45, 2.75) is 26.8 Å². The van der Waals surface area contributed by atoms with Crippen LogP contribution in [0.4, 0.5) is 0 Å². The molecule has 0 aliphatic heterocycles. The highest BCUT2D eigenvalue weighted by Gasteiger charge is 2.25. The number of carbonyl (C=O) groups is 2. The average Bonchev–Trinajstić information content (AvgIpc) is 2.39. The zero-order chi connectivity index (χ0) is 14.3. The van der Waals surface area contributed by atoms with Crippen LogP contribution in [0, 0.1) is 5.92 Å². The van der Waals surface area contributed by atoms with Crippen LogP contribution in [-0.4, -0.2) is 29.6 Å². The Bertz CT molecular complexity index is 420. The molecule has 6 nitrogen and oxygen atoms in total. The molecule has 0 aliphatic rings. The summed E-state index contributed by atoms with van der Waals surface area (Å²) in [6, 6.07) is 2.51. The number of esters is 1. The van der Waals surface area contributed by atoms with E-state index in [0.717, 1.165) is 0 Å². The first-order valence-electron chi connectivity index (χ1n) is 6.09. The highest BCUT2D eigenvalue weighted by atomic mass is 16.7. The van der Waals surface area contributed by atoms with Gasteiger partial charge in [-0.15, -0.1) is 5.48 Å². The predicted molar refractivity (Wildman–Crippen MR) is 68.0 cm³/mol. The number of nitrogens with zero attached hydrogens (tertiary/aromatic N) is 1. The van der Waals surface area contributed by atoms with E-state index in [1.807, 2.05) is 13.8 Å². The van der Waals surface area contributed by atoms with Crippen molar-refractivity contribution in [3.05, 3.63) is 30.1 Å². The normalized spacial score (nSPS) is 12.0. The van der Waals surface area contributed by atoms with Crippen LogP contribution in [0.5, 0.6) is 0 Å². The molecule has 1 atom stereocenters. The zero-order valence-electron chi connectivity index (χ0n) is 11.3. The molecule has 0 saturated carbocycles. The lowest BCUT2D eigenvalue weighted by Gasteiger charge is -2.19. The lowest BCUT2D eigenvalue weighted by molar-refractivity contribution is -0.150. The molecule has 1 aromatic heterocycles. The number of hydroxylamine groups is 1. The van der Waals surface area contributed by atoms with E-state index < -0.39 is 18.0 Å². The quantitative estimate of drug-likeness (QED) is 0.618. The van der Waals surface area contributed by atoms with E-state index in [4.69, 9.17) is 9.57 Å². The highest BCUT2D eigenvalue weighted by molar-refractivity contribution is 5.88. The third-order valence-electron chi connectivity index (χ3n) is 2.38. The SMILES string of the molecule is CCOC(=O)[C@H](NOC(=O)c1cccnc1)C(C)C. The summed E-state index contributed by atoms with van der Waals surface area (Å²) in [5, 5.41) is 0. The van der Waals surface area contributed by atoms with Gasteiger partial charge in [0.25, 0.3) is 0 Å². The van der Waals surface area contributed by atoms with E-state index in [2.05, 4.69) is 10.5 Å². The highest BCUT2D eigenvalue weighted by Crippen LogP contribution is 2.05. The van der Waals surface area contributed by atoms with Gasteiger partial charge in [0.05, 0.1) is 12.2 Å². The van der Waals surface area contributed by atoms with Gasteiger partial charge in [-0.3, -0.25) is 9.78 Å². The zero-order valence-corrected chi connectivity index (χ0v) is 11.3. The number of pyridine rings is 1. The third-order valence-corrected chi connectivity index (χ3v) is 2.38. The fourth-order valence-electron chi connectivity index (χ4n) is 1.35. The second-order valence-electron chi connectivity index (χ2n) is 4.22. The maximum absolute atomic E-state index is 11.7. The molecule has 0 bridgehead atoms. The van der Waals surface area contributed by atoms with Gasteiger partial charge in [0.15, 0.2) is 0 Å². The maximum Gasteiger partial charge on any atom is 0.358 e. The van der Waals surface area contributed by atoms with Gasteiger partial charge in [-0.2, -0.15) is 0 Å². The molecule has 1 aromatic rings. The molecule has 0 saturated heterocycles. The van der Waals surface area contributed by atoms with Gasteiger partial charge < -0.3 is 9.57 Å². The topological polar surface area (TPSA) is 77.5 Å². The van der Waals surface area contributed by atoms with Crippen molar-refractivity contribution in [3.63, 3.8) is 0 Å². The lowest BCUT2D eigenvalue weighted by Crippen LogP contribution is -2.43. The molecule has 19 heavy (non-hydrogen) atoms. The van der Waals surface area contributed by atoms with E-state index in [-0.39, 0.29) is 12.5 Å². The summed E-state index contributed by atoms with van der Waals surface area (Å²) >= 11 is 0. The molecule has 0 unspecified atom stereocenters. The number of nitrogens with one attached hydrogen (secondary N) is 1. The summed E-state index contributed by atoms with van der Waals surface area (Å²) in [6.07, 6.45) is 2.94. The summed E-state index contributed by atoms with van der Waals surface area (Å²) < 4.78 is 4.90. The molecule has 0 amide bonds. The van der Waals surface area contributed by atoms with E-state index in [0.29, 0.717) is 5.56 Å². The Morgan fingerprint density at radius 2 is 2.16 bits per heavy atom. The van der Waals surface area contributed by atoms with Crippen LogP contribution in [0.3, 0.4) is 0 Å². The Morgan fingerprint density at radius 1 is 1.42 bits per heavy atom. The molecule has 0 aliphatic carbocycles. The smallest absolute Gasteiger partial charge is 0.358 e. The number of hydrogen-bond donors (Lipinski definition) is 1. The summed E-state index contributed by atoms with van der Waals surface area (Å²) in [5.74, 6) is -1.11. The fourth-order valence-corrected chi connectivity index (χ4v) is 1.35. The molecule has 0 aromatic carbocycles. The third kappa shape index (κ3) is 4.67. The van der Waals surface area contributed by atoms with E-state index in [1.54, 1.807) is 25.3 Å². The molecule has 0 fully saturated rings. The van der Waals surface area contributed by atoms with Crippen molar-refractivity contribution >= 4 is 11.9 Å². The van der Waals surface area contributed by atoms with Gasteiger partial charge in [0, 0.05) is 12.4 Å². The second kappa shape index (κ2) is 7.48. The van der Waals surface area contributed by atoms with Gasteiger partial charge in [0.2, 0.25) is 0 Å². The first-order chi connectivity index (χ1) is 9.06. The number of ether oxygens (including phenoxy) is 1. The Balaban J connectivity index is 2.57. The van der Waals surface area contributed by atoms with Crippen molar-refractivity contribution in [2.24, 2.45) is 5.92 Å². The number of aromatic nitrogens is 1. The van der Waals surface area contributed by atoms with Crippen LogP contribution in [0.1, 0.15) is 31.1 Å². The molecule has 104 valence electrons. The molecule has 0 spiro atoms. The standard InChI is InChI=1S/C13H18N2O4/c1-4-18-13(17)11(9(2)3)15-19-12(16)10-6-5-7-14-8-10/h5-9,11,15H,4H2,1-3H3/t11-/m1/s1. The fraction of sp³-hybridized carbons (Fsp3) is 0.462. The minimum Gasteiger partial charge on any atom is -0.465 e. The molecule has 1 rings (SSSR count). The van der Waals surface area contributed by atoms with Gasteiger partial charge >= 0.3 is 11.9 Å². The van der Waals surface area contributed by atoms with Crippen molar-refractivity contribution < 1.29 is 19.2 Å². The van der Waals surface area contributed by atoms with Crippen molar-refractivity contribution in [1.82, 2.24) is 10.5 Å². The molecule has 1 N–H and O–H groups in total. The Kier molecular flexibility index (Phi) is 5.95. The van der Waals surface area contributed by atoms with Crippen LogP contribution < -0.4 is 5.48 Å². The van der Waals surface area contributed by atoms with E-state index in [1.165, 1.54) is 6.20 Å². The molecule has 1 heterocycles. The summed E-state index contributed by atoms with van der Waals surface area (Å²) in [6.45, 7) is 5.65. The second-order valence-corrected chi connectivity index (χ2v) is 4.22. The van der Waals surface area contributed by atoms with Crippen LogP contribution >= 0.6 is 0 Å². The Labute approximate surface area is 112 Å². The minimum absolute atomic E-state index is 0.0688. The van der Waals surface area contributed by atoms with Crippen LogP contribution in [0.25, 0.3) is 0 Å². The minimum atomic E-state index is -0.694. The molecular weight excluding hydrogens is 248 g/mol. The first-order valence-corrected chi connectivity index (χ1v) is 6.09. The maximum atomic E-state index is 11.7. The number of carbonyl (C=O) groups excluding carboxylic acids is 2. The largest absolute Gasteiger partial charge is 0.465 e. The summed E-state index contributed by atoms with van der Waals surface area (Å²) in [4.78, 5) is 32.0. The number of hydrogen-bond acceptors (Lipinski definition) is 6. The summed E-state index contributed by atoms with van der Waals surface area (Å²) in [5.41, 5.74) is 2.76. The van der Waals surface area contributed by atoms with Crippen molar-refractivity contribution in [1.29, 1.82) is 0 Å². The predicted octanol–water partition coefficient (Wildman–Crippen LogP) is 1.33. The van der Waals surface area contributed by atoms with Crippen molar-refractivity contribution in [2.75, 3.05) is 6.61 Å². The molecular formula is C13H18N2O4. The average molecular weight is 266 g/mol. The van der Waals surface area contributed by atoms with Gasteiger partial charge in [0.1, 0.15) is 6.04 Å². The van der Waals surface area contributed by atoms with Crippen LogP contribution in [-0.2, 0) is 14.4 Å². The summed E-state index contributed by atoms with van der Waals surface area (Å²) in [7, 11) is 0. The van der Waals surface area contributed by atoms with Crippen LogP contribution in [0.15, 0.2) is 24.5 Å².